The molecule has 0 radical (unpaired) electrons. The standard InChI is InChI=1S/C12H16ClNO4S/c1-8-11(19(13,16)17)7-10(18-8)12(15)14(2)9-5-3-4-6-9/h7,9H,3-6H2,1-2H3. The van der Waals surface area contributed by atoms with Crippen LogP contribution in [0.25, 0.3) is 0 Å². The maximum atomic E-state index is 12.2. The van der Waals surface area contributed by atoms with E-state index in [-0.39, 0.29) is 28.4 Å². The van der Waals surface area contributed by atoms with Gasteiger partial charge < -0.3 is 9.32 Å². The Balaban J connectivity index is 2.25. The quantitative estimate of drug-likeness (QED) is 0.805. The molecule has 1 amide bonds. The largest absolute Gasteiger partial charge is 0.455 e. The van der Waals surface area contributed by atoms with E-state index in [1.807, 2.05) is 0 Å². The molecule has 2 rings (SSSR count). The lowest BCUT2D eigenvalue weighted by atomic mass is 10.2. The first-order chi connectivity index (χ1) is 8.80. The number of halogens is 1. The van der Waals surface area contributed by atoms with Gasteiger partial charge in [-0.15, -0.1) is 0 Å². The normalized spacial score (nSPS) is 16.8. The molecule has 0 saturated heterocycles. The molecule has 1 heterocycles. The molecule has 0 bridgehead atoms. The SMILES string of the molecule is Cc1oc(C(=O)N(C)C2CCCC2)cc1S(=O)(=O)Cl. The molecule has 0 atom stereocenters. The van der Waals surface area contributed by atoms with E-state index in [2.05, 4.69) is 0 Å². The molecule has 1 saturated carbocycles. The van der Waals surface area contributed by atoms with Crippen LogP contribution in [0.1, 0.15) is 42.0 Å². The van der Waals surface area contributed by atoms with E-state index in [9.17, 15) is 13.2 Å². The van der Waals surface area contributed by atoms with Crippen molar-refractivity contribution in [1.82, 2.24) is 4.90 Å². The van der Waals surface area contributed by atoms with Crippen LogP contribution in [-0.2, 0) is 9.05 Å². The van der Waals surface area contributed by atoms with Crippen molar-refractivity contribution in [3.63, 3.8) is 0 Å². The second-order valence-corrected chi connectivity index (χ2v) is 7.36. The van der Waals surface area contributed by atoms with Crippen molar-refractivity contribution in [3.05, 3.63) is 17.6 Å². The first kappa shape index (κ1) is 14.4. The molecule has 1 fully saturated rings. The second-order valence-electron chi connectivity index (χ2n) is 4.82. The van der Waals surface area contributed by atoms with Crippen LogP contribution in [-0.4, -0.2) is 32.3 Å². The third kappa shape index (κ3) is 2.95. The summed E-state index contributed by atoms with van der Waals surface area (Å²) < 4.78 is 27.8. The molecule has 1 aliphatic carbocycles. The summed E-state index contributed by atoms with van der Waals surface area (Å²) >= 11 is 0. The van der Waals surface area contributed by atoms with Gasteiger partial charge in [0, 0.05) is 29.8 Å². The van der Waals surface area contributed by atoms with Crippen LogP contribution in [0.3, 0.4) is 0 Å². The molecule has 7 heteroatoms. The summed E-state index contributed by atoms with van der Waals surface area (Å²) in [4.78, 5) is 13.7. The number of rotatable bonds is 3. The molecule has 0 N–H and O–H groups in total. The average molecular weight is 306 g/mol. The highest BCUT2D eigenvalue weighted by Crippen LogP contribution is 2.27. The van der Waals surface area contributed by atoms with E-state index >= 15 is 0 Å². The van der Waals surface area contributed by atoms with E-state index in [1.165, 1.54) is 13.0 Å². The molecule has 1 aromatic rings. The van der Waals surface area contributed by atoms with Gasteiger partial charge >= 0.3 is 0 Å². The minimum absolute atomic E-state index is 0.0196. The number of amides is 1. The molecule has 5 nitrogen and oxygen atoms in total. The van der Waals surface area contributed by atoms with Gasteiger partial charge in [-0.3, -0.25) is 4.79 Å². The van der Waals surface area contributed by atoms with Crippen LogP contribution in [0.2, 0.25) is 0 Å². The van der Waals surface area contributed by atoms with Crippen LogP contribution in [0.15, 0.2) is 15.4 Å². The number of carbonyl (C=O) groups is 1. The number of hydrogen-bond acceptors (Lipinski definition) is 4. The highest BCUT2D eigenvalue weighted by atomic mass is 35.7. The Morgan fingerprint density at radius 2 is 2.00 bits per heavy atom. The van der Waals surface area contributed by atoms with Crippen molar-refractivity contribution in [3.8, 4) is 0 Å². The van der Waals surface area contributed by atoms with E-state index in [4.69, 9.17) is 15.1 Å². The van der Waals surface area contributed by atoms with E-state index in [0.29, 0.717) is 0 Å². The zero-order chi connectivity index (χ0) is 14.2. The van der Waals surface area contributed by atoms with Gasteiger partial charge in [-0.1, -0.05) is 12.8 Å². The van der Waals surface area contributed by atoms with Gasteiger partial charge in [0.1, 0.15) is 10.7 Å². The van der Waals surface area contributed by atoms with Gasteiger partial charge in [0.25, 0.3) is 15.0 Å². The summed E-state index contributed by atoms with van der Waals surface area (Å²) in [6.45, 7) is 1.47. The molecule has 0 aromatic carbocycles. The van der Waals surface area contributed by atoms with Crippen LogP contribution >= 0.6 is 10.7 Å². The van der Waals surface area contributed by atoms with Crippen LogP contribution in [0.5, 0.6) is 0 Å². The van der Waals surface area contributed by atoms with Crippen molar-refractivity contribution in [2.24, 2.45) is 0 Å². The molecular weight excluding hydrogens is 290 g/mol. The third-order valence-corrected chi connectivity index (χ3v) is 4.97. The summed E-state index contributed by atoms with van der Waals surface area (Å²) in [5.74, 6) is -0.147. The van der Waals surface area contributed by atoms with Crippen molar-refractivity contribution in [2.45, 2.75) is 43.5 Å². The lowest BCUT2D eigenvalue weighted by Crippen LogP contribution is -2.34. The zero-order valence-electron chi connectivity index (χ0n) is 10.8. The molecule has 0 spiro atoms. The number of nitrogens with zero attached hydrogens (tertiary/aromatic N) is 1. The van der Waals surface area contributed by atoms with Gasteiger partial charge in [-0.25, -0.2) is 8.42 Å². The summed E-state index contributed by atoms with van der Waals surface area (Å²) in [6, 6.07) is 1.40. The molecule has 1 aromatic heterocycles. The Bertz CT molecular complexity index is 587. The van der Waals surface area contributed by atoms with Gasteiger partial charge in [0.05, 0.1) is 0 Å². The summed E-state index contributed by atoms with van der Waals surface area (Å²) in [5, 5.41) is 0. The Labute approximate surface area is 116 Å². The molecule has 0 unspecified atom stereocenters. The van der Waals surface area contributed by atoms with Crippen LogP contribution in [0.4, 0.5) is 0 Å². The van der Waals surface area contributed by atoms with Gasteiger partial charge in [-0.05, 0) is 19.8 Å². The molecule has 0 aliphatic heterocycles. The van der Waals surface area contributed by atoms with E-state index < -0.39 is 9.05 Å². The fraction of sp³-hybridized carbons (Fsp3) is 0.583. The average Bonchev–Trinajstić information content (AvgIpc) is 2.94. The minimum atomic E-state index is -3.88. The number of aryl methyl sites for hydroxylation is 1. The second kappa shape index (κ2) is 5.17. The maximum absolute atomic E-state index is 12.2. The Hall–Kier alpha value is -1.01. The van der Waals surface area contributed by atoms with Crippen LogP contribution in [0, 0.1) is 6.92 Å². The predicted molar refractivity (Wildman–Crippen MR) is 70.8 cm³/mol. The minimum Gasteiger partial charge on any atom is -0.455 e. The summed E-state index contributed by atoms with van der Waals surface area (Å²) in [5.41, 5.74) is 0. The smallest absolute Gasteiger partial charge is 0.289 e. The molecule has 1 aliphatic rings. The van der Waals surface area contributed by atoms with Crippen molar-refractivity contribution in [2.75, 3.05) is 7.05 Å². The summed E-state index contributed by atoms with van der Waals surface area (Å²) in [7, 11) is 3.11. The molecular formula is C12H16ClNO4S. The monoisotopic (exact) mass is 305 g/mol. The Morgan fingerprint density at radius 1 is 1.42 bits per heavy atom. The fourth-order valence-electron chi connectivity index (χ4n) is 2.44. The maximum Gasteiger partial charge on any atom is 0.289 e. The third-order valence-electron chi connectivity index (χ3n) is 3.54. The van der Waals surface area contributed by atoms with Crippen molar-refractivity contribution in [1.29, 1.82) is 0 Å². The highest BCUT2D eigenvalue weighted by molar-refractivity contribution is 8.13. The topological polar surface area (TPSA) is 67.6 Å². The number of carbonyl (C=O) groups excluding carboxylic acids is 1. The molecule has 106 valence electrons. The Morgan fingerprint density at radius 3 is 2.47 bits per heavy atom. The van der Waals surface area contributed by atoms with E-state index in [0.717, 1.165) is 25.7 Å². The zero-order valence-corrected chi connectivity index (χ0v) is 12.4. The highest BCUT2D eigenvalue weighted by Gasteiger charge is 2.28. The lowest BCUT2D eigenvalue weighted by Gasteiger charge is -2.23. The lowest BCUT2D eigenvalue weighted by molar-refractivity contribution is 0.0701. The Kier molecular flexibility index (Phi) is 3.92. The van der Waals surface area contributed by atoms with Gasteiger partial charge in [0.15, 0.2) is 5.76 Å². The summed E-state index contributed by atoms with van der Waals surface area (Å²) in [6.07, 6.45) is 4.17. The number of furan rings is 1. The van der Waals surface area contributed by atoms with Crippen LogP contribution < -0.4 is 0 Å². The van der Waals surface area contributed by atoms with Gasteiger partial charge in [-0.2, -0.15) is 0 Å². The fourth-order valence-corrected chi connectivity index (χ4v) is 3.54. The molecule has 19 heavy (non-hydrogen) atoms. The predicted octanol–water partition coefficient (Wildman–Crippen LogP) is 2.53. The van der Waals surface area contributed by atoms with Gasteiger partial charge in [0.2, 0.25) is 0 Å². The van der Waals surface area contributed by atoms with Crippen molar-refractivity contribution < 1.29 is 17.6 Å². The van der Waals surface area contributed by atoms with Crippen molar-refractivity contribution >= 4 is 25.6 Å². The number of hydrogen-bond donors (Lipinski definition) is 0. The first-order valence-corrected chi connectivity index (χ1v) is 8.44. The van der Waals surface area contributed by atoms with E-state index in [1.54, 1.807) is 11.9 Å². The first-order valence-electron chi connectivity index (χ1n) is 6.13.